The van der Waals surface area contributed by atoms with Crippen LogP contribution in [-0.4, -0.2) is 16.7 Å². The van der Waals surface area contributed by atoms with Crippen LogP contribution in [0.15, 0.2) is 23.1 Å². The standard InChI is InChI=1S/C12H18N2O3/c1-8(9-5-6-10(15)13-7-9)14-11(16)17-12(2,3)4/h5-8H,1-4H3,(H,13,15)(H,14,16)/t8-/m1/s1. The first-order valence-electron chi connectivity index (χ1n) is 5.46. The quantitative estimate of drug-likeness (QED) is 0.827. The van der Waals surface area contributed by atoms with Crippen molar-refractivity contribution in [1.82, 2.24) is 10.3 Å². The minimum atomic E-state index is -0.519. The molecule has 0 spiro atoms. The Hall–Kier alpha value is -1.78. The SMILES string of the molecule is C[C@@H](NC(=O)OC(C)(C)C)c1ccc(=O)[nH]c1. The summed E-state index contributed by atoms with van der Waals surface area (Å²) >= 11 is 0. The molecule has 0 unspecified atom stereocenters. The van der Waals surface area contributed by atoms with Gasteiger partial charge in [0, 0.05) is 12.3 Å². The zero-order valence-corrected chi connectivity index (χ0v) is 10.5. The van der Waals surface area contributed by atoms with Gasteiger partial charge in [-0.05, 0) is 33.3 Å². The van der Waals surface area contributed by atoms with E-state index in [1.807, 2.05) is 6.92 Å². The van der Waals surface area contributed by atoms with Gasteiger partial charge in [0.1, 0.15) is 5.60 Å². The lowest BCUT2D eigenvalue weighted by Crippen LogP contribution is -2.34. The smallest absolute Gasteiger partial charge is 0.408 e. The number of alkyl carbamates (subject to hydrolysis) is 1. The molecule has 0 aliphatic heterocycles. The molecule has 1 atom stereocenters. The van der Waals surface area contributed by atoms with E-state index in [1.165, 1.54) is 6.07 Å². The molecule has 0 fully saturated rings. The van der Waals surface area contributed by atoms with Crippen LogP contribution in [0.25, 0.3) is 0 Å². The van der Waals surface area contributed by atoms with Gasteiger partial charge < -0.3 is 15.0 Å². The second-order valence-electron chi connectivity index (χ2n) is 4.85. The summed E-state index contributed by atoms with van der Waals surface area (Å²) in [4.78, 5) is 24.9. The number of carbonyl (C=O) groups is 1. The normalized spacial score (nSPS) is 12.9. The van der Waals surface area contributed by atoms with Crippen LogP contribution in [0.1, 0.15) is 39.3 Å². The van der Waals surface area contributed by atoms with Crippen LogP contribution >= 0.6 is 0 Å². The summed E-state index contributed by atoms with van der Waals surface area (Å²) in [6.45, 7) is 7.23. The second kappa shape index (κ2) is 5.03. The van der Waals surface area contributed by atoms with Gasteiger partial charge in [-0.1, -0.05) is 6.07 Å². The van der Waals surface area contributed by atoms with Crippen LogP contribution in [0.4, 0.5) is 4.79 Å². The fraction of sp³-hybridized carbons (Fsp3) is 0.500. The van der Waals surface area contributed by atoms with Crippen LogP contribution in [0.5, 0.6) is 0 Å². The Labute approximate surface area is 100 Å². The largest absolute Gasteiger partial charge is 0.444 e. The van der Waals surface area contributed by atoms with Crippen molar-refractivity contribution in [3.05, 3.63) is 34.2 Å². The van der Waals surface area contributed by atoms with E-state index < -0.39 is 11.7 Å². The Morgan fingerprint density at radius 2 is 2.06 bits per heavy atom. The topological polar surface area (TPSA) is 71.2 Å². The lowest BCUT2D eigenvalue weighted by Gasteiger charge is -2.22. The number of pyridine rings is 1. The van der Waals surface area contributed by atoms with Gasteiger partial charge in [0.25, 0.3) is 0 Å². The van der Waals surface area contributed by atoms with Crippen LogP contribution in [0, 0.1) is 0 Å². The number of rotatable bonds is 2. The number of amides is 1. The molecule has 94 valence electrons. The van der Waals surface area contributed by atoms with Crippen LogP contribution in [0.2, 0.25) is 0 Å². The molecule has 0 radical (unpaired) electrons. The Bertz CT molecular complexity index is 425. The van der Waals surface area contributed by atoms with Gasteiger partial charge in [-0.15, -0.1) is 0 Å². The number of hydrogen-bond donors (Lipinski definition) is 2. The summed E-state index contributed by atoms with van der Waals surface area (Å²) < 4.78 is 5.13. The first-order chi connectivity index (χ1) is 7.78. The first kappa shape index (κ1) is 13.3. The van der Waals surface area contributed by atoms with Crippen molar-refractivity contribution >= 4 is 6.09 Å². The fourth-order valence-electron chi connectivity index (χ4n) is 1.26. The van der Waals surface area contributed by atoms with Crippen LogP contribution in [0.3, 0.4) is 0 Å². The van der Waals surface area contributed by atoms with E-state index in [9.17, 15) is 9.59 Å². The molecule has 0 saturated heterocycles. The average molecular weight is 238 g/mol. The lowest BCUT2D eigenvalue weighted by atomic mass is 10.1. The highest BCUT2D eigenvalue weighted by Gasteiger charge is 2.18. The van der Waals surface area contributed by atoms with Gasteiger partial charge in [0.15, 0.2) is 0 Å². The van der Waals surface area contributed by atoms with Crippen molar-refractivity contribution in [1.29, 1.82) is 0 Å². The molecule has 2 N–H and O–H groups in total. The van der Waals surface area contributed by atoms with E-state index in [4.69, 9.17) is 4.74 Å². The van der Waals surface area contributed by atoms with Crippen molar-refractivity contribution in [2.24, 2.45) is 0 Å². The molecule has 0 aliphatic carbocycles. The molecule has 5 nitrogen and oxygen atoms in total. The minimum absolute atomic E-state index is 0.168. The zero-order chi connectivity index (χ0) is 13.1. The van der Waals surface area contributed by atoms with Gasteiger partial charge >= 0.3 is 6.09 Å². The summed E-state index contributed by atoms with van der Waals surface area (Å²) in [5.74, 6) is 0. The third-order valence-corrected chi connectivity index (χ3v) is 2.04. The first-order valence-corrected chi connectivity index (χ1v) is 5.46. The monoisotopic (exact) mass is 238 g/mol. The maximum Gasteiger partial charge on any atom is 0.408 e. The third kappa shape index (κ3) is 4.72. The zero-order valence-electron chi connectivity index (χ0n) is 10.5. The van der Waals surface area contributed by atoms with Crippen molar-refractivity contribution < 1.29 is 9.53 Å². The highest BCUT2D eigenvalue weighted by Crippen LogP contribution is 2.11. The molecule has 0 bridgehead atoms. The molecule has 0 aliphatic rings. The molecule has 1 aromatic rings. The van der Waals surface area contributed by atoms with Crippen molar-refractivity contribution in [3.63, 3.8) is 0 Å². The van der Waals surface area contributed by atoms with E-state index in [-0.39, 0.29) is 11.6 Å². The van der Waals surface area contributed by atoms with Crippen LogP contribution in [-0.2, 0) is 4.74 Å². The molecule has 1 amide bonds. The third-order valence-electron chi connectivity index (χ3n) is 2.04. The predicted molar refractivity (Wildman–Crippen MR) is 64.8 cm³/mol. The summed E-state index contributed by atoms with van der Waals surface area (Å²) in [7, 11) is 0. The molecular formula is C12H18N2O3. The predicted octanol–water partition coefficient (Wildman–Crippen LogP) is 1.96. The second-order valence-corrected chi connectivity index (χ2v) is 4.85. The van der Waals surface area contributed by atoms with Crippen molar-refractivity contribution in [2.45, 2.75) is 39.3 Å². The highest BCUT2D eigenvalue weighted by atomic mass is 16.6. The number of aromatic amines is 1. The van der Waals surface area contributed by atoms with E-state index in [0.29, 0.717) is 0 Å². The number of carbonyl (C=O) groups excluding carboxylic acids is 1. The number of nitrogens with one attached hydrogen (secondary N) is 2. The number of ether oxygens (including phenoxy) is 1. The maximum absolute atomic E-state index is 11.5. The van der Waals surface area contributed by atoms with E-state index >= 15 is 0 Å². The molecule has 17 heavy (non-hydrogen) atoms. The molecule has 1 aromatic heterocycles. The van der Waals surface area contributed by atoms with E-state index in [2.05, 4.69) is 10.3 Å². The van der Waals surface area contributed by atoms with Gasteiger partial charge in [0.05, 0.1) is 6.04 Å². The molecule has 0 aromatic carbocycles. The summed E-state index contributed by atoms with van der Waals surface area (Å²) in [6.07, 6.45) is 1.10. The summed E-state index contributed by atoms with van der Waals surface area (Å²) in [6, 6.07) is 2.87. The van der Waals surface area contributed by atoms with E-state index in [1.54, 1.807) is 33.0 Å². The molecule has 5 heteroatoms. The Kier molecular flexibility index (Phi) is 3.93. The molecular weight excluding hydrogens is 220 g/mol. The fourth-order valence-corrected chi connectivity index (χ4v) is 1.26. The van der Waals surface area contributed by atoms with Crippen molar-refractivity contribution in [2.75, 3.05) is 0 Å². The van der Waals surface area contributed by atoms with Crippen molar-refractivity contribution in [3.8, 4) is 0 Å². The average Bonchev–Trinajstić information content (AvgIpc) is 2.15. The Morgan fingerprint density at radius 1 is 1.41 bits per heavy atom. The Balaban J connectivity index is 2.60. The molecule has 1 heterocycles. The molecule has 0 saturated carbocycles. The maximum atomic E-state index is 11.5. The van der Waals surface area contributed by atoms with Gasteiger partial charge in [-0.3, -0.25) is 4.79 Å². The number of hydrogen-bond acceptors (Lipinski definition) is 3. The van der Waals surface area contributed by atoms with E-state index in [0.717, 1.165) is 5.56 Å². The summed E-state index contributed by atoms with van der Waals surface area (Å²) in [5.41, 5.74) is 0.128. The van der Waals surface area contributed by atoms with Gasteiger partial charge in [0.2, 0.25) is 5.56 Å². The minimum Gasteiger partial charge on any atom is -0.444 e. The van der Waals surface area contributed by atoms with Gasteiger partial charge in [-0.25, -0.2) is 4.79 Å². The van der Waals surface area contributed by atoms with Gasteiger partial charge in [-0.2, -0.15) is 0 Å². The van der Waals surface area contributed by atoms with Crippen LogP contribution < -0.4 is 10.9 Å². The lowest BCUT2D eigenvalue weighted by molar-refractivity contribution is 0.0508. The number of H-pyrrole nitrogens is 1. The Morgan fingerprint density at radius 3 is 2.53 bits per heavy atom. The highest BCUT2D eigenvalue weighted by molar-refractivity contribution is 5.68. The number of aromatic nitrogens is 1. The molecule has 1 rings (SSSR count). The summed E-state index contributed by atoms with van der Waals surface area (Å²) in [5, 5.41) is 2.69.